The molecule has 2 N–H and O–H groups in total. The van der Waals surface area contributed by atoms with Crippen LogP contribution in [-0.4, -0.2) is 35.0 Å². The van der Waals surface area contributed by atoms with E-state index in [1.165, 1.54) is 18.2 Å². The number of nitrogens with zero attached hydrogens (tertiary/aromatic N) is 1. The molecular weight excluding hydrogens is 393 g/mol. The van der Waals surface area contributed by atoms with Gasteiger partial charge in [0.2, 0.25) is 5.91 Å². The Morgan fingerprint density at radius 1 is 1.07 bits per heavy atom. The standard InChI is InChI=1S/C23H27F3N2O2/c24-23(25,26)19-12-6-7-13-20(19)27-22(30)16-28-14-8-2-5-11-18(28)15-21(29)17-9-3-1-4-10-17/h1,3-4,6-7,9-10,12-13,18,21,29H,2,5,8,11,14-16H2,(H,27,30)/t18-,21-/m0/s1. The largest absolute Gasteiger partial charge is 0.418 e. The monoisotopic (exact) mass is 420 g/mol. The van der Waals surface area contributed by atoms with E-state index in [0.29, 0.717) is 13.0 Å². The van der Waals surface area contributed by atoms with Gasteiger partial charge in [-0.05, 0) is 43.5 Å². The van der Waals surface area contributed by atoms with Gasteiger partial charge in [-0.25, -0.2) is 0 Å². The minimum Gasteiger partial charge on any atom is -0.388 e. The molecule has 1 fully saturated rings. The maximum absolute atomic E-state index is 13.2. The predicted octanol–water partition coefficient (Wildman–Crippen LogP) is 5.01. The Balaban J connectivity index is 1.67. The number of aliphatic hydroxyl groups excluding tert-OH is 1. The molecule has 0 spiro atoms. The first-order valence-electron chi connectivity index (χ1n) is 10.3. The Bertz CT molecular complexity index is 827. The zero-order chi connectivity index (χ0) is 21.6. The number of nitrogens with one attached hydrogen (secondary N) is 1. The number of halogens is 3. The Hall–Kier alpha value is -2.38. The van der Waals surface area contributed by atoms with Gasteiger partial charge in [0.1, 0.15) is 0 Å². The van der Waals surface area contributed by atoms with E-state index in [2.05, 4.69) is 5.32 Å². The minimum atomic E-state index is -4.53. The molecule has 4 nitrogen and oxygen atoms in total. The van der Waals surface area contributed by atoms with Crippen LogP contribution in [-0.2, 0) is 11.0 Å². The number of carbonyl (C=O) groups is 1. The average molecular weight is 420 g/mol. The van der Waals surface area contributed by atoms with E-state index < -0.39 is 23.8 Å². The van der Waals surface area contributed by atoms with Gasteiger partial charge in [-0.3, -0.25) is 9.69 Å². The molecule has 2 aromatic carbocycles. The molecule has 0 aliphatic carbocycles. The number of hydrogen-bond acceptors (Lipinski definition) is 3. The number of anilines is 1. The van der Waals surface area contributed by atoms with Gasteiger partial charge in [0.15, 0.2) is 0 Å². The lowest BCUT2D eigenvalue weighted by Gasteiger charge is -2.31. The van der Waals surface area contributed by atoms with Gasteiger partial charge in [-0.15, -0.1) is 0 Å². The van der Waals surface area contributed by atoms with Gasteiger partial charge in [0, 0.05) is 6.04 Å². The molecule has 2 atom stereocenters. The van der Waals surface area contributed by atoms with Crippen LogP contribution in [0.25, 0.3) is 0 Å². The maximum atomic E-state index is 13.2. The molecule has 1 aliphatic rings. The van der Waals surface area contributed by atoms with Crippen LogP contribution in [0.4, 0.5) is 18.9 Å². The van der Waals surface area contributed by atoms with Gasteiger partial charge >= 0.3 is 6.18 Å². The summed E-state index contributed by atoms with van der Waals surface area (Å²) < 4.78 is 39.6. The number of likely N-dealkylation sites (tertiary alicyclic amines) is 1. The lowest BCUT2D eigenvalue weighted by molar-refractivity contribution is -0.137. The van der Waals surface area contributed by atoms with Crippen LogP contribution in [0.15, 0.2) is 54.6 Å². The van der Waals surface area contributed by atoms with Crippen molar-refractivity contribution in [2.24, 2.45) is 0 Å². The number of amides is 1. The second kappa shape index (κ2) is 10.1. The van der Waals surface area contributed by atoms with Crippen LogP contribution in [0, 0.1) is 0 Å². The summed E-state index contributed by atoms with van der Waals surface area (Å²) >= 11 is 0. The predicted molar refractivity (Wildman–Crippen MR) is 110 cm³/mol. The molecule has 1 aliphatic heterocycles. The van der Waals surface area contributed by atoms with Crippen LogP contribution in [0.1, 0.15) is 49.3 Å². The molecule has 3 rings (SSSR count). The normalized spacial score (nSPS) is 19.1. The molecule has 2 aromatic rings. The Kier molecular flexibility index (Phi) is 7.50. The van der Waals surface area contributed by atoms with Crippen LogP contribution < -0.4 is 5.32 Å². The molecule has 1 heterocycles. The molecule has 0 aromatic heterocycles. The third-order valence-electron chi connectivity index (χ3n) is 5.53. The topological polar surface area (TPSA) is 52.6 Å². The van der Waals surface area contributed by atoms with Gasteiger partial charge in [-0.1, -0.05) is 55.3 Å². The summed E-state index contributed by atoms with van der Waals surface area (Å²) in [6.45, 7) is 0.679. The van der Waals surface area contributed by atoms with E-state index in [-0.39, 0.29) is 18.3 Å². The van der Waals surface area contributed by atoms with Crippen molar-refractivity contribution in [1.29, 1.82) is 0 Å². The Labute approximate surface area is 174 Å². The first kappa shape index (κ1) is 22.3. The van der Waals surface area contributed by atoms with E-state index in [0.717, 1.165) is 37.3 Å². The highest BCUT2D eigenvalue weighted by Crippen LogP contribution is 2.34. The molecule has 7 heteroatoms. The van der Waals surface area contributed by atoms with Crippen molar-refractivity contribution in [2.75, 3.05) is 18.4 Å². The van der Waals surface area contributed by atoms with Crippen molar-refractivity contribution in [3.8, 4) is 0 Å². The zero-order valence-electron chi connectivity index (χ0n) is 16.7. The number of aliphatic hydroxyl groups is 1. The second-order valence-electron chi connectivity index (χ2n) is 7.73. The first-order valence-corrected chi connectivity index (χ1v) is 10.3. The third-order valence-corrected chi connectivity index (χ3v) is 5.53. The number of benzene rings is 2. The molecule has 1 saturated heterocycles. The highest BCUT2D eigenvalue weighted by Gasteiger charge is 2.34. The summed E-state index contributed by atoms with van der Waals surface area (Å²) in [7, 11) is 0. The number of rotatable bonds is 6. The summed E-state index contributed by atoms with van der Waals surface area (Å²) in [4.78, 5) is 14.6. The lowest BCUT2D eigenvalue weighted by Crippen LogP contribution is -2.41. The lowest BCUT2D eigenvalue weighted by atomic mass is 9.98. The number of alkyl halides is 3. The van der Waals surface area contributed by atoms with Crippen molar-refractivity contribution in [2.45, 2.75) is 50.4 Å². The highest BCUT2D eigenvalue weighted by atomic mass is 19.4. The summed E-state index contributed by atoms with van der Waals surface area (Å²) in [5, 5.41) is 13.1. The smallest absolute Gasteiger partial charge is 0.388 e. The summed E-state index contributed by atoms with van der Waals surface area (Å²) in [5.41, 5.74) is -0.263. The van der Waals surface area contributed by atoms with Crippen LogP contribution in [0.5, 0.6) is 0 Å². The zero-order valence-corrected chi connectivity index (χ0v) is 16.7. The quantitative estimate of drug-likeness (QED) is 0.691. The van der Waals surface area contributed by atoms with Gasteiger partial charge in [-0.2, -0.15) is 13.2 Å². The summed E-state index contributed by atoms with van der Waals surface area (Å²) in [6, 6.07) is 14.3. The van der Waals surface area contributed by atoms with E-state index in [4.69, 9.17) is 0 Å². The first-order chi connectivity index (χ1) is 14.3. The summed E-state index contributed by atoms with van der Waals surface area (Å²) in [5.74, 6) is -0.479. The third kappa shape index (κ3) is 6.06. The van der Waals surface area contributed by atoms with Crippen LogP contribution in [0.3, 0.4) is 0 Å². The van der Waals surface area contributed by atoms with Crippen molar-refractivity contribution >= 4 is 11.6 Å². The molecule has 0 radical (unpaired) electrons. The van der Waals surface area contributed by atoms with Crippen molar-refractivity contribution < 1.29 is 23.1 Å². The van der Waals surface area contributed by atoms with Crippen molar-refractivity contribution in [3.05, 3.63) is 65.7 Å². The van der Waals surface area contributed by atoms with E-state index in [9.17, 15) is 23.1 Å². The molecule has 0 unspecified atom stereocenters. The second-order valence-corrected chi connectivity index (χ2v) is 7.73. The highest BCUT2D eigenvalue weighted by molar-refractivity contribution is 5.93. The SMILES string of the molecule is O=C(CN1CCCCC[C@H]1C[C@H](O)c1ccccc1)Nc1ccccc1C(F)(F)F. The van der Waals surface area contributed by atoms with Crippen LogP contribution in [0.2, 0.25) is 0 Å². The fourth-order valence-corrected chi connectivity index (χ4v) is 3.99. The minimum absolute atomic E-state index is 0.00162. The van der Waals surface area contributed by atoms with E-state index >= 15 is 0 Å². The molecule has 0 saturated carbocycles. The number of para-hydroxylation sites is 1. The fourth-order valence-electron chi connectivity index (χ4n) is 3.99. The maximum Gasteiger partial charge on any atom is 0.418 e. The molecule has 0 bridgehead atoms. The Morgan fingerprint density at radius 3 is 2.50 bits per heavy atom. The van der Waals surface area contributed by atoms with Crippen molar-refractivity contribution in [3.63, 3.8) is 0 Å². The van der Waals surface area contributed by atoms with Gasteiger partial charge < -0.3 is 10.4 Å². The number of carbonyl (C=O) groups excluding carboxylic acids is 1. The van der Waals surface area contributed by atoms with Gasteiger partial charge in [0.25, 0.3) is 0 Å². The molecule has 30 heavy (non-hydrogen) atoms. The Morgan fingerprint density at radius 2 is 1.77 bits per heavy atom. The van der Waals surface area contributed by atoms with Crippen LogP contribution >= 0.6 is 0 Å². The molecule has 1 amide bonds. The van der Waals surface area contributed by atoms with Gasteiger partial charge in [0.05, 0.1) is 23.9 Å². The van der Waals surface area contributed by atoms with E-state index in [1.54, 1.807) is 0 Å². The summed E-state index contributed by atoms with van der Waals surface area (Å²) in [6.07, 6.45) is -0.897. The van der Waals surface area contributed by atoms with Crippen molar-refractivity contribution in [1.82, 2.24) is 4.90 Å². The fraction of sp³-hybridized carbons (Fsp3) is 0.435. The average Bonchev–Trinajstić information content (AvgIpc) is 2.93. The molecule has 162 valence electrons. The number of hydrogen-bond donors (Lipinski definition) is 2. The molecular formula is C23H27F3N2O2. The van der Waals surface area contributed by atoms with E-state index in [1.807, 2.05) is 35.2 Å².